The van der Waals surface area contributed by atoms with Crippen molar-refractivity contribution in [2.45, 2.75) is 0 Å². The summed E-state index contributed by atoms with van der Waals surface area (Å²) in [6.07, 6.45) is 1.89. The Balaban J connectivity index is 2.17. The van der Waals surface area contributed by atoms with E-state index < -0.39 is 0 Å². The second-order valence-corrected chi connectivity index (χ2v) is 5.18. The molecule has 0 aliphatic heterocycles. The van der Waals surface area contributed by atoms with Gasteiger partial charge in [-0.2, -0.15) is 0 Å². The van der Waals surface area contributed by atoms with E-state index in [0.717, 1.165) is 16.6 Å². The highest BCUT2D eigenvalue weighted by molar-refractivity contribution is 7.13. The quantitative estimate of drug-likeness (QED) is 0.531. The Kier molecular flexibility index (Phi) is 2.02. The standard InChI is InChI=1S/C15H10N2S/c1-2-5-12-10(4-1)14-15(17-12)11(7-8-16-14)13-6-3-9-18-13/h1-9,17H. The number of rotatable bonds is 1. The fraction of sp³-hybridized carbons (Fsp3) is 0. The van der Waals surface area contributed by atoms with Crippen LogP contribution >= 0.6 is 11.3 Å². The Hall–Kier alpha value is -2.13. The van der Waals surface area contributed by atoms with Gasteiger partial charge in [-0.05, 0) is 23.6 Å². The lowest BCUT2D eigenvalue weighted by molar-refractivity contribution is 1.42. The molecule has 4 aromatic rings. The second-order valence-electron chi connectivity index (χ2n) is 4.23. The summed E-state index contributed by atoms with van der Waals surface area (Å²) in [5, 5.41) is 3.29. The number of thiophene rings is 1. The van der Waals surface area contributed by atoms with E-state index in [9.17, 15) is 0 Å². The van der Waals surface area contributed by atoms with Crippen LogP contribution in [0.15, 0.2) is 54.0 Å². The Labute approximate surface area is 108 Å². The van der Waals surface area contributed by atoms with Gasteiger partial charge in [0.05, 0.1) is 11.0 Å². The van der Waals surface area contributed by atoms with Gasteiger partial charge < -0.3 is 4.98 Å². The maximum absolute atomic E-state index is 4.51. The number of para-hydroxylation sites is 1. The van der Waals surface area contributed by atoms with E-state index in [1.54, 1.807) is 11.3 Å². The molecule has 1 aromatic carbocycles. The topological polar surface area (TPSA) is 28.7 Å². The number of aromatic amines is 1. The summed E-state index contributed by atoms with van der Waals surface area (Å²) in [6, 6.07) is 14.6. The van der Waals surface area contributed by atoms with Crippen LogP contribution in [0.3, 0.4) is 0 Å². The molecule has 18 heavy (non-hydrogen) atoms. The van der Waals surface area contributed by atoms with Gasteiger partial charge in [-0.1, -0.05) is 24.3 Å². The highest BCUT2D eigenvalue weighted by Crippen LogP contribution is 2.33. The fourth-order valence-corrected chi connectivity index (χ4v) is 3.12. The van der Waals surface area contributed by atoms with Gasteiger partial charge in [-0.25, -0.2) is 0 Å². The van der Waals surface area contributed by atoms with Crippen molar-refractivity contribution in [1.29, 1.82) is 0 Å². The Morgan fingerprint density at radius 3 is 2.83 bits per heavy atom. The maximum Gasteiger partial charge on any atom is 0.0964 e. The first-order valence-electron chi connectivity index (χ1n) is 5.83. The molecular formula is C15H10N2S. The lowest BCUT2D eigenvalue weighted by Gasteiger charge is -1.98. The molecule has 0 saturated heterocycles. The van der Waals surface area contributed by atoms with Gasteiger partial charge in [-0.15, -0.1) is 11.3 Å². The third-order valence-electron chi connectivity index (χ3n) is 3.18. The lowest BCUT2D eigenvalue weighted by atomic mass is 10.1. The van der Waals surface area contributed by atoms with E-state index in [0.29, 0.717) is 0 Å². The SMILES string of the molecule is c1csc(-c2ccnc3c2[nH]c2ccccc23)c1. The van der Waals surface area contributed by atoms with Gasteiger partial charge in [0.25, 0.3) is 0 Å². The molecular weight excluding hydrogens is 240 g/mol. The van der Waals surface area contributed by atoms with Crippen molar-refractivity contribution in [2.75, 3.05) is 0 Å². The first kappa shape index (κ1) is 9.85. The Morgan fingerprint density at radius 1 is 1.00 bits per heavy atom. The van der Waals surface area contributed by atoms with Crippen molar-refractivity contribution in [3.8, 4) is 10.4 Å². The van der Waals surface area contributed by atoms with E-state index in [-0.39, 0.29) is 0 Å². The fourth-order valence-electron chi connectivity index (χ4n) is 2.36. The molecule has 0 fully saturated rings. The van der Waals surface area contributed by atoms with E-state index >= 15 is 0 Å². The molecule has 0 bridgehead atoms. The van der Waals surface area contributed by atoms with Crippen molar-refractivity contribution >= 4 is 33.3 Å². The number of H-pyrrole nitrogens is 1. The zero-order valence-electron chi connectivity index (χ0n) is 9.55. The molecule has 0 amide bonds. The summed E-state index contributed by atoms with van der Waals surface area (Å²) in [6.45, 7) is 0. The number of hydrogen-bond donors (Lipinski definition) is 1. The van der Waals surface area contributed by atoms with Crippen LogP contribution < -0.4 is 0 Å². The van der Waals surface area contributed by atoms with Gasteiger partial charge in [0, 0.05) is 27.5 Å². The summed E-state index contributed by atoms with van der Waals surface area (Å²) in [5.41, 5.74) is 4.55. The van der Waals surface area contributed by atoms with Crippen molar-refractivity contribution in [3.63, 3.8) is 0 Å². The maximum atomic E-state index is 4.51. The van der Waals surface area contributed by atoms with Crippen LogP contribution in [-0.2, 0) is 0 Å². The van der Waals surface area contributed by atoms with E-state index in [1.807, 2.05) is 12.3 Å². The van der Waals surface area contributed by atoms with Crippen LogP contribution in [0.4, 0.5) is 0 Å². The second kappa shape index (κ2) is 3.68. The molecule has 3 aromatic heterocycles. The summed E-state index contributed by atoms with van der Waals surface area (Å²) in [4.78, 5) is 9.26. The molecule has 0 aliphatic rings. The highest BCUT2D eigenvalue weighted by Gasteiger charge is 2.10. The molecule has 0 unspecified atom stereocenters. The monoisotopic (exact) mass is 250 g/mol. The molecule has 0 aliphatic carbocycles. The normalized spacial score (nSPS) is 11.3. The predicted octanol–water partition coefficient (Wildman–Crippen LogP) is 4.44. The van der Waals surface area contributed by atoms with Gasteiger partial charge in [-0.3, -0.25) is 4.98 Å². The van der Waals surface area contributed by atoms with Crippen LogP contribution in [0.1, 0.15) is 0 Å². The highest BCUT2D eigenvalue weighted by atomic mass is 32.1. The zero-order chi connectivity index (χ0) is 11.9. The Bertz CT molecular complexity index is 828. The van der Waals surface area contributed by atoms with Crippen molar-refractivity contribution < 1.29 is 0 Å². The molecule has 3 heterocycles. The molecule has 86 valence electrons. The lowest BCUT2D eigenvalue weighted by Crippen LogP contribution is -1.79. The summed E-state index contributed by atoms with van der Waals surface area (Å²) < 4.78 is 0. The molecule has 3 heteroatoms. The van der Waals surface area contributed by atoms with Crippen LogP contribution in [0.5, 0.6) is 0 Å². The van der Waals surface area contributed by atoms with Crippen LogP contribution in [-0.4, -0.2) is 9.97 Å². The zero-order valence-corrected chi connectivity index (χ0v) is 10.4. The van der Waals surface area contributed by atoms with Gasteiger partial charge >= 0.3 is 0 Å². The third-order valence-corrected chi connectivity index (χ3v) is 4.08. The number of nitrogens with one attached hydrogen (secondary N) is 1. The number of hydrogen-bond acceptors (Lipinski definition) is 2. The molecule has 4 rings (SSSR count). The summed E-state index contributed by atoms with van der Waals surface area (Å²) >= 11 is 1.75. The average Bonchev–Trinajstić information content (AvgIpc) is 3.05. The number of aromatic nitrogens is 2. The molecule has 2 nitrogen and oxygen atoms in total. The van der Waals surface area contributed by atoms with Crippen molar-refractivity contribution in [3.05, 3.63) is 54.0 Å². The van der Waals surface area contributed by atoms with Crippen LogP contribution in [0.2, 0.25) is 0 Å². The van der Waals surface area contributed by atoms with Gasteiger partial charge in [0.1, 0.15) is 0 Å². The van der Waals surface area contributed by atoms with Crippen molar-refractivity contribution in [2.24, 2.45) is 0 Å². The van der Waals surface area contributed by atoms with Crippen LogP contribution in [0.25, 0.3) is 32.4 Å². The van der Waals surface area contributed by atoms with Crippen LogP contribution in [0, 0.1) is 0 Å². The predicted molar refractivity (Wildman–Crippen MR) is 76.9 cm³/mol. The first-order chi connectivity index (χ1) is 8.93. The van der Waals surface area contributed by atoms with E-state index in [4.69, 9.17) is 0 Å². The Morgan fingerprint density at radius 2 is 1.94 bits per heavy atom. The number of benzene rings is 1. The molecule has 0 saturated carbocycles. The number of pyridine rings is 1. The molecule has 1 N–H and O–H groups in total. The molecule has 0 radical (unpaired) electrons. The minimum Gasteiger partial charge on any atom is -0.353 e. The average molecular weight is 250 g/mol. The summed E-state index contributed by atoms with van der Waals surface area (Å²) in [7, 11) is 0. The van der Waals surface area contributed by atoms with Crippen molar-refractivity contribution in [1.82, 2.24) is 9.97 Å². The third kappa shape index (κ3) is 1.31. The minimum absolute atomic E-state index is 1.05. The first-order valence-corrected chi connectivity index (χ1v) is 6.71. The molecule has 0 atom stereocenters. The smallest absolute Gasteiger partial charge is 0.0964 e. The largest absolute Gasteiger partial charge is 0.353 e. The van der Waals surface area contributed by atoms with Gasteiger partial charge in [0.2, 0.25) is 0 Å². The minimum atomic E-state index is 1.05. The van der Waals surface area contributed by atoms with E-state index in [1.165, 1.54) is 15.8 Å². The number of fused-ring (bicyclic) bond motifs is 3. The number of nitrogens with zero attached hydrogens (tertiary/aromatic N) is 1. The van der Waals surface area contributed by atoms with E-state index in [2.05, 4.69) is 51.7 Å². The molecule has 0 spiro atoms. The van der Waals surface area contributed by atoms with Gasteiger partial charge in [0.15, 0.2) is 0 Å². The summed E-state index contributed by atoms with van der Waals surface area (Å²) in [5.74, 6) is 0.